The monoisotopic (exact) mass is 339 g/mol. The predicted octanol–water partition coefficient (Wildman–Crippen LogP) is 3.01. The van der Waals surface area contributed by atoms with Crippen LogP contribution < -0.4 is 5.32 Å². The van der Waals surface area contributed by atoms with Crippen LogP contribution in [0.4, 0.5) is 8.78 Å². The second-order valence-corrected chi connectivity index (χ2v) is 3.88. The first kappa shape index (κ1) is 18.1. The Kier molecular flexibility index (Phi) is 7.95. The first-order valence-corrected chi connectivity index (χ1v) is 5.42. The van der Waals surface area contributed by atoms with Crippen LogP contribution in [0.15, 0.2) is 36.6 Å². The van der Waals surface area contributed by atoms with Crippen LogP contribution in [0.25, 0.3) is 0 Å². The summed E-state index contributed by atoms with van der Waals surface area (Å²) >= 11 is 0. The molecule has 1 unspecified atom stereocenters. The van der Waals surface area contributed by atoms with Crippen molar-refractivity contribution in [2.24, 2.45) is 0 Å². The Morgan fingerprint density at radius 3 is 2.68 bits per heavy atom. The summed E-state index contributed by atoms with van der Waals surface area (Å²) in [5.74, 6) is -2.81. The Bertz CT molecular complexity index is 500. The van der Waals surface area contributed by atoms with E-state index in [0.29, 0.717) is 0 Å². The summed E-state index contributed by atoms with van der Waals surface area (Å²) < 4.78 is 26.4. The van der Waals surface area contributed by atoms with Gasteiger partial charge in [-0.3, -0.25) is 4.39 Å². The van der Waals surface area contributed by atoms with Crippen LogP contribution in [-0.4, -0.2) is 11.8 Å². The van der Waals surface area contributed by atoms with E-state index < -0.39 is 17.4 Å². The van der Waals surface area contributed by atoms with Crippen molar-refractivity contribution in [3.63, 3.8) is 0 Å². The quantitative estimate of drug-likeness (QED) is 0.387. The maximum absolute atomic E-state index is 13.4. The maximum Gasteiger partial charge on any atom is 0.138 e. The largest absolute Gasteiger partial charge is 0.385 e. The van der Waals surface area contributed by atoms with E-state index in [1.165, 1.54) is 13.1 Å². The molecule has 1 N–H and O–H groups in total. The summed E-state index contributed by atoms with van der Waals surface area (Å²) in [4.78, 5) is 11.9. The number of benzene rings is 1. The molecule has 0 aliphatic carbocycles. The minimum atomic E-state index is -1.15. The maximum atomic E-state index is 13.4. The van der Waals surface area contributed by atoms with Crippen molar-refractivity contribution < 1.29 is 46.3 Å². The molecule has 0 amide bonds. The van der Waals surface area contributed by atoms with E-state index in [2.05, 4.69) is 18.0 Å². The summed E-state index contributed by atoms with van der Waals surface area (Å²) in [6.07, 6.45) is 3.11. The number of nitrogens with one attached hydrogen (secondary N) is 1. The van der Waals surface area contributed by atoms with Gasteiger partial charge in [0.05, 0.1) is 5.82 Å². The van der Waals surface area contributed by atoms with Gasteiger partial charge in [-0.2, -0.15) is 12.1 Å². The summed E-state index contributed by atoms with van der Waals surface area (Å²) in [6.45, 7) is 6.94. The fraction of sp³-hybridized carbons (Fsp3) is 0.214. The molecule has 1 aromatic carbocycles. The Morgan fingerprint density at radius 2 is 2.11 bits per heavy atom. The number of allylic oxidation sites excluding steroid dienone is 1. The van der Waals surface area contributed by atoms with E-state index in [4.69, 9.17) is 0 Å². The molecule has 0 spiro atoms. The number of halogens is 2. The third kappa shape index (κ3) is 4.96. The molecule has 2 nitrogen and oxygen atoms in total. The first-order valence-electron chi connectivity index (χ1n) is 5.42. The number of hydrogen-bond acceptors (Lipinski definition) is 2. The van der Waals surface area contributed by atoms with Crippen molar-refractivity contribution in [3.8, 4) is 0 Å². The molecule has 0 saturated carbocycles. The third-order valence-corrected chi connectivity index (χ3v) is 2.40. The van der Waals surface area contributed by atoms with Crippen molar-refractivity contribution in [1.29, 1.82) is 0 Å². The van der Waals surface area contributed by atoms with Gasteiger partial charge in [0.25, 0.3) is 0 Å². The van der Waals surface area contributed by atoms with Gasteiger partial charge in [-0.05, 0) is 25.0 Å². The van der Waals surface area contributed by atoms with Gasteiger partial charge < -0.3 is 10.1 Å². The van der Waals surface area contributed by atoms with E-state index in [0.717, 1.165) is 12.1 Å². The molecular formula is C14H14F2NOY-. The van der Waals surface area contributed by atoms with Gasteiger partial charge in [0.1, 0.15) is 5.78 Å². The number of ketones is 1. The van der Waals surface area contributed by atoms with Crippen molar-refractivity contribution in [2.45, 2.75) is 19.9 Å². The molecule has 19 heavy (non-hydrogen) atoms. The topological polar surface area (TPSA) is 29.1 Å². The van der Waals surface area contributed by atoms with Crippen molar-refractivity contribution >= 4 is 5.78 Å². The second kappa shape index (κ2) is 8.33. The van der Waals surface area contributed by atoms with Crippen molar-refractivity contribution in [1.82, 2.24) is 5.32 Å². The SMILES string of the molecule is C=CC(C)N/C=C(\C)C(=O)c1c[c-]cc(F)c1F.[Y]. The van der Waals surface area contributed by atoms with Gasteiger partial charge in [-0.15, -0.1) is 12.6 Å². The van der Waals surface area contributed by atoms with Crippen molar-refractivity contribution in [3.05, 3.63) is 59.8 Å². The molecule has 0 bridgehead atoms. The molecular weight excluding hydrogens is 325 g/mol. The Morgan fingerprint density at radius 1 is 1.47 bits per heavy atom. The molecule has 0 aliphatic heterocycles. The van der Waals surface area contributed by atoms with Crippen LogP contribution in [0.2, 0.25) is 0 Å². The van der Waals surface area contributed by atoms with E-state index in [1.807, 2.05) is 6.92 Å². The zero-order valence-electron chi connectivity index (χ0n) is 10.8. The molecule has 0 aromatic heterocycles. The zero-order valence-corrected chi connectivity index (χ0v) is 13.7. The van der Waals surface area contributed by atoms with Gasteiger partial charge in [0.15, 0.2) is 0 Å². The fourth-order valence-corrected chi connectivity index (χ4v) is 1.22. The van der Waals surface area contributed by atoms with Crippen LogP contribution in [0.5, 0.6) is 0 Å². The molecule has 0 aliphatic rings. The Balaban J connectivity index is 0.00000324. The predicted molar refractivity (Wildman–Crippen MR) is 66.1 cm³/mol. The molecule has 1 aromatic rings. The standard InChI is InChI=1S/C14H14F2NO.Y/c1-4-10(3)17-8-9(2)14(18)11-6-5-7-12(15)13(11)16;/h4,6-8,10,17H,1H2,2-3H3;/q-1;/b9-8+;. The normalized spacial score (nSPS) is 12.3. The van der Waals surface area contributed by atoms with E-state index >= 15 is 0 Å². The van der Waals surface area contributed by atoms with Crippen LogP contribution in [-0.2, 0) is 32.7 Å². The number of carbonyl (C=O) groups is 1. The zero-order chi connectivity index (χ0) is 13.7. The number of rotatable bonds is 5. The first-order chi connectivity index (χ1) is 8.47. The molecule has 99 valence electrons. The number of carbonyl (C=O) groups excluding carboxylic acids is 1. The second-order valence-electron chi connectivity index (χ2n) is 3.88. The fourth-order valence-electron chi connectivity index (χ4n) is 1.22. The Hall–Kier alpha value is -0.866. The smallest absolute Gasteiger partial charge is 0.138 e. The van der Waals surface area contributed by atoms with Crippen LogP contribution in [0, 0.1) is 17.7 Å². The minimum Gasteiger partial charge on any atom is -0.385 e. The van der Waals surface area contributed by atoms with Crippen LogP contribution in [0.3, 0.4) is 0 Å². The van der Waals surface area contributed by atoms with E-state index in [1.54, 1.807) is 6.08 Å². The van der Waals surface area contributed by atoms with Gasteiger partial charge in [0.2, 0.25) is 0 Å². The van der Waals surface area contributed by atoms with E-state index in [-0.39, 0.29) is 49.9 Å². The molecule has 1 atom stereocenters. The van der Waals surface area contributed by atoms with E-state index in [9.17, 15) is 13.6 Å². The van der Waals surface area contributed by atoms with Crippen LogP contribution in [0.1, 0.15) is 24.2 Å². The summed E-state index contributed by atoms with van der Waals surface area (Å²) in [5.41, 5.74) is -0.0431. The van der Waals surface area contributed by atoms with Crippen LogP contribution >= 0.6 is 0 Å². The number of Topliss-reactive ketones (excluding diaryl/α,β-unsaturated/α-hetero) is 1. The number of hydrogen-bond donors (Lipinski definition) is 1. The van der Waals surface area contributed by atoms with Gasteiger partial charge in [0, 0.05) is 50.8 Å². The molecule has 0 heterocycles. The molecule has 5 heteroatoms. The molecule has 0 saturated heterocycles. The van der Waals surface area contributed by atoms with Gasteiger partial charge in [-0.25, -0.2) is 4.39 Å². The summed E-state index contributed by atoms with van der Waals surface area (Å²) in [7, 11) is 0. The molecule has 1 rings (SSSR count). The van der Waals surface area contributed by atoms with Gasteiger partial charge >= 0.3 is 0 Å². The third-order valence-electron chi connectivity index (χ3n) is 2.40. The average molecular weight is 339 g/mol. The van der Waals surface area contributed by atoms with Gasteiger partial charge in [-0.1, -0.05) is 6.08 Å². The Labute approximate surface area is 136 Å². The summed E-state index contributed by atoms with van der Waals surface area (Å²) in [6, 6.07) is 4.35. The average Bonchev–Trinajstić information content (AvgIpc) is 2.37. The minimum absolute atomic E-state index is 0. The molecule has 0 fully saturated rings. The molecule has 1 radical (unpaired) electrons. The van der Waals surface area contributed by atoms with Crippen molar-refractivity contribution in [2.75, 3.05) is 0 Å². The summed E-state index contributed by atoms with van der Waals surface area (Å²) in [5, 5.41) is 2.89.